The fraction of sp³-hybridized carbons (Fsp3) is 0.400. The average Bonchev–Trinajstić information content (AvgIpc) is 3.13. The number of aryl methyl sites for hydroxylation is 1. The topological polar surface area (TPSA) is 98.4 Å². The van der Waals surface area contributed by atoms with Crippen LogP contribution in [-0.2, 0) is 11.8 Å². The molecule has 10 heteroatoms. The van der Waals surface area contributed by atoms with Gasteiger partial charge in [-0.15, -0.1) is 0 Å². The molecule has 1 amide bonds. The second-order valence-electron chi connectivity index (χ2n) is 9.21. The van der Waals surface area contributed by atoms with Crippen molar-refractivity contribution in [1.82, 2.24) is 33.9 Å². The first-order valence-electron chi connectivity index (χ1n) is 11.7. The third-order valence-electron chi connectivity index (χ3n) is 6.64. The van der Waals surface area contributed by atoms with Crippen molar-refractivity contribution in [2.24, 2.45) is 7.05 Å². The smallest absolute Gasteiger partial charge is 0.329 e. The third kappa shape index (κ3) is 4.14. The van der Waals surface area contributed by atoms with Crippen LogP contribution in [0.3, 0.4) is 0 Å². The fourth-order valence-electron chi connectivity index (χ4n) is 4.78. The molecule has 0 aromatic carbocycles. The van der Waals surface area contributed by atoms with Crippen molar-refractivity contribution in [3.8, 4) is 17.1 Å². The first-order chi connectivity index (χ1) is 16.9. The molecule has 1 aliphatic rings. The molecule has 1 saturated heterocycles. The Morgan fingerprint density at radius 1 is 1.11 bits per heavy atom. The van der Waals surface area contributed by atoms with E-state index in [1.807, 2.05) is 46.7 Å². The van der Waals surface area contributed by atoms with Crippen molar-refractivity contribution < 1.29 is 9.53 Å². The van der Waals surface area contributed by atoms with E-state index in [1.165, 1.54) is 0 Å². The zero-order valence-electron chi connectivity index (χ0n) is 20.4. The number of carbonyl (C=O) groups excluding carboxylic acids is 1. The summed E-state index contributed by atoms with van der Waals surface area (Å²) in [6, 6.07) is 7.51. The van der Waals surface area contributed by atoms with Crippen LogP contribution >= 0.6 is 0 Å². The molecule has 0 N–H and O–H groups in total. The van der Waals surface area contributed by atoms with Crippen molar-refractivity contribution in [3.05, 3.63) is 47.1 Å². The van der Waals surface area contributed by atoms with Crippen LogP contribution in [0.2, 0.25) is 0 Å². The molecule has 10 nitrogen and oxygen atoms in total. The minimum atomic E-state index is -0.0920. The quantitative estimate of drug-likeness (QED) is 0.436. The maximum atomic E-state index is 13.4. The van der Waals surface area contributed by atoms with Crippen LogP contribution in [0.4, 0.5) is 0 Å². The molecule has 0 atom stereocenters. The summed E-state index contributed by atoms with van der Waals surface area (Å²) in [7, 11) is 7.13. The lowest BCUT2D eigenvalue weighted by Crippen LogP contribution is -2.44. The van der Waals surface area contributed by atoms with Gasteiger partial charge in [-0.25, -0.2) is 14.8 Å². The number of aromatic nitrogens is 5. The summed E-state index contributed by atoms with van der Waals surface area (Å²) in [5.74, 6) is 0.652. The molecular formula is C25H29N7O3. The van der Waals surface area contributed by atoms with Gasteiger partial charge in [0.05, 0.1) is 42.1 Å². The number of ether oxygens (including phenoxy) is 1. The van der Waals surface area contributed by atoms with Gasteiger partial charge in [0.1, 0.15) is 5.52 Å². The second-order valence-corrected chi connectivity index (χ2v) is 9.21. The molecule has 1 aliphatic heterocycles. The van der Waals surface area contributed by atoms with Crippen LogP contribution < -0.4 is 10.4 Å². The van der Waals surface area contributed by atoms with Crippen molar-refractivity contribution in [2.75, 3.05) is 40.8 Å². The number of likely N-dealkylation sites (N-methyl/N-ethyl adjacent to an activating group) is 1. The molecule has 5 heterocycles. The van der Waals surface area contributed by atoms with Crippen LogP contribution in [0.15, 0.2) is 41.5 Å². The maximum Gasteiger partial charge on any atom is 0.329 e. The molecule has 0 aliphatic carbocycles. The Labute approximate surface area is 202 Å². The minimum absolute atomic E-state index is 0.0201. The van der Waals surface area contributed by atoms with Gasteiger partial charge in [-0.1, -0.05) is 0 Å². The lowest BCUT2D eigenvalue weighted by atomic mass is 10.0. The predicted molar refractivity (Wildman–Crippen MR) is 133 cm³/mol. The van der Waals surface area contributed by atoms with E-state index in [0.29, 0.717) is 43.9 Å². The Morgan fingerprint density at radius 2 is 1.89 bits per heavy atom. The first-order valence-corrected chi connectivity index (χ1v) is 11.7. The number of methoxy groups -OCH3 is 1. The number of carbonyl (C=O) groups is 1. The first kappa shape index (κ1) is 23.0. The van der Waals surface area contributed by atoms with Crippen molar-refractivity contribution in [3.63, 3.8) is 0 Å². The number of fused-ring (bicyclic) bond motifs is 3. The van der Waals surface area contributed by atoms with Gasteiger partial charge in [-0.3, -0.25) is 18.9 Å². The maximum absolute atomic E-state index is 13.4. The highest BCUT2D eigenvalue weighted by Crippen LogP contribution is 2.30. The van der Waals surface area contributed by atoms with Crippen LogP contribution in [0.1, 0.15) is 18.9 Å². The number of likely N-dealkylation sites (tertiary alicyclic amines) is 1. The molecule has 0 spiro atoms. The molecule has 0 bridgehead atoms. The molecule has 0 unspecified atom stereocenters. The number of imidazole rings is 1. The van der Waals surface area contributed by atoms with E-state index in [9.17, 15) is 9.59 Å². The molecule has 35 heavy (non-hydrogen) atoms. The molecule has 4 aromatic heterocycles. The summed E-state index contributed by atoms with van der Waals surface area (Å²) in [6.45, 7) is 1.64. The number of hydrogen-bond acceptors (Lipinski definition) is 7. The largest absolute Gasteiger partial charge is 0.481 e. The van der Waals surface area contributed by atoms with Crippen LogP contribution in [-0.4, -0.2) is 80.6 Å². The van der Waals surface area contributed by atoms with Gasteiger partial charge in [0.25, 0.3) is 0 Å². The van der Waals surface area contributed by atoms with E-state index < -0.39 is 0 Å². The number of amides is 1. The summed E-state index contributed by atoms with van der Waals surface area (Å²) in [5, 5.41) is 0. The number of pyridine rings is 3. The Hall–Kier alpha value is -3.79. The SMILES string of the molecule is COc1ccc(-c2ccc3ncc4c(c3n2)n(C2CCN(C(=O)CN(C)C)CC2)c(=O)n4C)cn1. The van der Waals surface area contributed by atoms with Crippen LogP contribution in [0.5, 0.6) is 5.88 Å². The summed E-state index contributed by atoms with van der Waals surface area (Å²) in [5.41, 5.74) is 4.43. The van der Waals surface area contributed by atoms with Gasteiger partial charge in [0, 0.05) is 44.0 Å². The van der Waals surface area contributed by atoms with Crippen molar-refractivity contribution in [1.29, 1.82) is 0 Å². The minimum Gasteiger partial charge on any atom is -0.481 e. The zero-order valence-corrected chi connectivity index (χ0v) is 20.4. The molecule has 0 saturated carbocycles. The number of nitrogens with zero attached hydrogens (tertiary/aromatic N) is 7. The molecule has 182 valence electrons. The van der Waals surface area contributed by atoms with E-state index in [0.717, 1.165) is 27.8 Å². The lowest BCUT2D eigenvalue weighted by Gasteiger charge is -2.33. The van der Waals surface area contributed by atoms with E-state index in [2.05, 4.69) is 9.97 Å². The van der Waals surface area contributed by atoms with Gasteiger partial charge in [-0.2, -0.15) is 0 Å². The highest BCUT2D eigenvalue weighted by molar-refractivity contribution is 6.00. The monoisotopic (exact) mass is 475 g/mol. The Morgan fingerprint density at radius 3 is 2.54 bits per heavy atom. The van der Waals surface area contributed by atoms with Gasteiger partial charge in [0.15, 0.2) is 0 Å². The normalized spacial score (nSPS) is 14.8. The number of hydrogen-bond donors (Lipinski definition) is 0. The summed E-state index contributed by atoms with van der Waals surface area (Å²) in [4.78, 5) is 43.4. The summed E-state index contributed by atoms with van der Waals surface area (Å²) >= 11 is 0. The molecular weight excluding hydrogens is 446 g/mol. The van der Waals surface area contributed by atoms with E-state index in [-0.39, 0.29) is 17.6 Å². The van der Waals surface area contributed by atoms with Gasteiger partial charge in [0.2, 0.25) is 11.8 Å². The third-order valence-corrected chi connectivity index (χ3v) is 6.64. The van der Waals surface area contributed by atoms with Gasteiger partial charge in [-0.05, 0) is 45.1 Å². The van der Waals surface area contributed by atoms with Crippen molar-refractivity contribution >= 4 is 28.0 Å². The Bertz CT molecular complexity index is 1450. The number of piperidine rings is 1. The standard InChI is InChI=1S/C25H29N7O3/c1-29(2)15-22(33)31-11-9-17(10-12-31)32-24-20(30(3)25(32)34)14-26-19-7-6-18(28-23(19)24)16-5-8-21(35-4)27-13-16/h5-8,13-14,17H,9-12,15H2,1-4H3. The highest BCUT2D eigenvalue weighted by Gasteiger charge is 2.28. The van der Waals surface area contributed by atoms with Crippen molar-refractivity contribution in [2.45, 2.75) is 18.9 Å². The zero-order chi connectivity index (χ0) is 24.7. The number of rotatable bonds is 5. The van der Waals surface area contributed by atoms with Crippen LogP contribution in [0, 0.1) is 0 Å². The van der Waals surface area contributed by atoms with Gasteiger partial charge < -0.3 is 14.5 Å². The van der Waals surface area contributed by atoms with E-state index in [4.69, 9.17) is 9.72 Å². The molecule has 0 radical (unpaired) electrons. The summed E-state index contributed by atoms with van der Waals surface area (Å²) in [6.07, 6.45) is 4.88. The molecule has 4 aromatic rings. The Balaban J connectivity index is 1.56. The second kappa shape index (κ2) is 9.10. The lowest BCUT2D eigenvalue weighted by molar-refractivity contribution is -0.133. The van der Waals surface area contributed by atoms with E-state index in [1.54, 1.807) is 37.2 Å². The molecule has 1 fully saturated rings. The van der Waals surface area contributed by atoms with Gasteiger partial charge >= 0.3 is 5.69 Å². The molecule has 5 rings (SSSR count). The average molecular weight is 476 g/mol. The van der Waals surface area contributed by atoms with Crippen LogP contribution in [0.25, 0.3) is 33.3 Å². The predicted octanol–water partition coefficient (Wildman–Crippen LogP) is 2.08. The summed E-state index contributed by atoms with van der Waals surface area (Å²) < 4.78 is 8.65. The fourth-order valence-corrected chi connectivity index (χ4v) is 4.78. The van der Waals surface area contributed by atoms with E-state index >= 15 is 0 Å². The highest BCUT2D eigenvalue weighted by atomic mass is 16.5. The Kier molecular flexibility index (Phi) is 5.98.